The topological polar surface area (TPSA) is 43.4 Å². The second-order valence-electron chi connectivity index (χ2n) is 4.48. The summed E-state index contributed by atoms with van der Waals surface area (Å²) in [5.41, 5.74) is 1.51. The molecule has 0 spiro atoms. The molecule has 1 aromatic carbocycles. The number of rotatable bonds is 3. The van der Waals surface area contributed by atoms with Crippen molar-refractivity contribution in [2.45, 2.75) is 6.10 Å². The monoisotopic (exact) mass is 294 g/mol. The zero-order valence-corrected chi connectivity index (χ0v) is 11.9. The second-order valence-corrected chi connectivity index (χ2v) is 5.37. The van der Waals surface area contributed by atoms with Crippen molar-refractivity contribution < 1.29 is 13.9 Å². The van der Waals surface area contributed by atoms with Gasteiger partial charge in [0.15, 0.2) is 11.6 Å². The smallest absolute Gasteiger partial charge is 0.165 e. The first-order chi connectivity index (χ1) is 9.78. The molecule has 106 valence electrons. The number of methoxy groups -OCH3 is 1. The first kappa shape index (κ1) is 13.5. The van der Waals surface area contributed by atoms with E-state index in [1.807, 2.05) is 5.38 Å². The van der Waals surface area contributed by atoms with Crippen LogP contribution in [0.3, 0.4) is 0 Å². The van der Waals surface area contributed by atoms with Gasteiger partial charge in [-0.3, -0.25) is 0 Å². The molecule has 0 radical (unpaired) electrons. The van der Waals surface area contributed by atoms with Crippen molar-refractivity contribution in [3.8, 4) is 17.0 Å². The summed E-state index contributed by atoms with van der Waals surface area (Å²) >= 11 is 1.54. The number of morpholine rings is 1. The predicted octanol–water partition coefficient (Wildman–Crippen LogP) is 2.62. The Hall–Kier alpha value is -1.50. The van der Waals surface area contributed by atoms with Crippen molar-refractivity contribution >= 4 is 11.3 Å². The van der Waals surface area contributed by atoms with E-state index in [4.69, 9.17) is 9.47 Å². The minimum Gasteiger partial charge on any atom is -0.494 e. The maximum Gasteiger partial charge on any atom is 0.165 e. The molecule has 2 heterocycles. The van der Waals surface area contributed by atoms with Crippen molar-refractivity contribution in [2.24, 2.45) is 0 Å². The third kappa shape index (κ3) is 2.67. The van der Waals surface area contributed by atoms with Gasteiger partial charge in [-0.15, -0.1) is 11.3 Å². The molecule has 1 atom stereocenters. The first-order valence-electron chi connectivity index (χ1n) is 6.39. The molecule has 0 aliphatic carbocycles. The minimum absolute atomic E-state index is 0.00871. The van der Waals surface area contributed by atoms with Crippen LogP contribution >= 0.6 is 11.3 Å². The van der Waals surface area contributed by atoms with Crippen LogP contribution in [-0.2, 0) is 4.74 Å². The van der Waals surface area contributed by atoms with E-state index >= 15 is 0 Å². The number of hydrogen-bond acceptors (Lipinski definition) is 5. The molecule has 1 aliphatic rings. The number of ether oxygens (including phenoxy) is 2. The highest BCUT2D eigenvalue weighted by Gasteiger charge is 2.19. The Balaban J connectivity index is 1.84. The molecule has 1 N–H and O–H groups in total. The number of hydrogen-bond donors (Lipinski definition) is 1. The molecule has 2 aromatic rings. The molecule has 4 nitrogen and oxygen atoms in total. The molecule has 1 unspecified atom stereocenters. The van der Waals surface area contributed by atoms with Crippen molar-refractivity contribution in [3.63, 3.8) is 0 Å². The van der Waals surface area contributed by atoms with Crippen molar-refractivity contribution in [1.82, 2.24) is 10.3 Å². The summed E-state index contributed by atoms with van der Waals surface area (Å²) in [5, 5.41) is 6.12. The molecule has 1 aliphatic heterocycles. The maximum atomic E-state index is 13.7. The highest BCUT2D eigenvalue weighted by atomic mass is 32.1. The van der Waals surface area contributed by atoms with E-state index < -0.39 is 0 Å². The van der Waals surface area contributed by atoms with Crippen LogP contribution in [0, 0.1) is 5.82 Å². The lowest BCUT2D eigenvalue weighted by Gasteiger charge is -2.21. The SMILES string of the molecule is COc1ccc(-c2csc(C3CNCCO3)n2)cc1F. The number of nitrogens with zero attached hydrogens (tertiary/aromatic N) is 1. The fraction of sp³-hybridized carbons (Fsp3) is 0.357. The molecular formula is C14H15FN2O2S. The zero-order chi connectivity index (χ0) is 13.9. The Morgan fingerprint density at radius 1 is 1.50 bits per heavy atom. The number of thiazole rings is 1. The minimum atomic E-state index is -0.380. The summed E-state index contributed by atoms with van der Waals surface area (Å²) < 4.78 is 24.3. The van der Waals surface area contributed by atoms with Gasteiger partial charge in [-0.1, -0.05) is 0 Å². The fourth-order valence-corrected chi connectivity index (χ4v) is 2.99. The summed E-state index contributed by atoms with van der Waals surface area (Å²) in [6, 6.07) is 4.86. The number of benzene rings is 1. The number of halogens is 1. The van der Waals surface area contributed by atoms with Crippen LogP contribution in [0.25, 0.3) is 11.3 Å². The molecule has 0 bridgehead atoms. The van der Waals surface area contributed by atoms with E-state index in [2.05, 4.69) is 10.3 Å². The molecule has 3 rings (SSSR count). The third-order valence-electron chi connectivity index (χ3n) is 3.17. The largest absolute Gasteiger partial charge is 0.494 e. The van der Waals surface area contributed by atoms with Crippen molar-refractivity contribution in [1.29, 1.82) is 0 Å². The van der Waals surface area contributed by atoms with Crippen LogP contribution < -0.4 is 10.1 Å². The van der Waals surface area contributed by atoms with Gasteiger partial charge in [-0.25, -0.2) is 9.37 Å². The molecular weight excluding hydrogens is 279 g/mol. The highest BCUT2D eigenvalue weighted by Crippen LogP contribution is 2.30. The van der Waals surface area contributed by atoms with E-state index in [1.165, 1.54) is 24.5 Å². The first-order valence-corrected chi connectivity index (χ1v) is 7.27. The van der Waals surface area contributed by atoms with E-state index in [-0.39, 0.29) is 17.7 Å². The van der Waals surface area contributed by atoms with Gasteiger partial charge in [0.2, 0.25) is 0 Å². The summed E-state index contributed by atoms with van der Waals surface area (Å²) in [7, 11) is 1.45. The van der Waals surface area contributed by atoms with Gasteiger partial charge in [-0.2, -0.15) is 0 Å². The second kappa shape index (κ2) is 5.87. The predicted molar refractivity (Wildman–Crippen MR) is 75.6 cm³/mol. The lowest BCUT2D eigenvalue weighted by atomic mass is 10.1. The summed E-state index contributed by atoms with van der Waals surface area (Å²) in [6.45, 7) is 2.33. The highest BCUT2D eigenvalue weighted by molar-refractivity contribution is 7.10. The van der Waals surface area contributed by atoms with Crippen LogP contribution in [0.5, 0.6) is 5.75 Å². The molecule has 0 saturated carbocycles. The maximum absolute atomic E-state index is 13.7. The summed E-state index contributed by atoms with van der Waals surface area (Å²) in [6.07, 6.45) is -0.00871. The molecule has 20 heavy (non-hydrogen) atoms. The van der Waals surface area contributed by atoms with E-state index in [0.717, 1.165) is 29.4 Å². The molecule has 1 aromatic heterocycles. The lowest BCUT2D eigenvalue weighted by molar-refractivity contribution is 0.0276. The molecule has 6 heteroatoms. The summed E-state index contributed by atoms with van der Waals surface area (Å²) in [5.74, 6) is -0.140. The van der Waals surface area contributed by atoms with Crippen LogP contribution in [0.15, 0.2) is 23.6 Å². The molecule has 0 amide bonds. The average molecular weight is 294 g/mol. The lowest BCUT2D eigenvalue weighted by Crippen LogP contribution is -2.33. The quantitative estimate of drug-likeness (QED) is 0.945. The van der Waals surface area contributed by atoms with Crippen molar-refractivity contribution in [3.05, 3.63) is 34.4 Å². The Kier molecular flexibility index (Phi) is 3.95. The van der Waals surface area contributed by atoms with Gasteiger partial charge in [0, 0.05) is 24.0 Å². The van der Waals surface area contributed by atoms with Gasteiger partial charge < -0.3 is 14.8 Å². The van der Waals surface area contributed by atoms with E-state index in [1.54, 1.807) is 12.1 Å². The standard InChI is InChI=1S/C14H15FN2O2S/c1-18-12-3-2-9(6-10(12)15)11-8-20-14(17-11)13-7-16-4-5-19-13/h2-3,6,8,13,16H,4-5,7H2,1H3. The van der Waals surface area contributed by atoms with Gasteiger partial charge in [0.1, 0.15) is 11.1 Å². The Morgan fingerprint density at radius 3 is 3.10 bits per heavy atom. The van der Waals surface area contributed by atoms with Gasteiger partial charge in [0.25, 0.3) is 0 Å². The van der Waals surface area contributed by atoms with Crippen LogP contribution in [0.2, 0.25) is 0 Å². The van der Waals surface area contributed by atoms with Crippen LogP contribution in [-0.4, -0.2) is 31.8 Å². The van der Waals surface area contributed by atoms with Gasteiger partial charge in [-0.05, 0) is 18.2 Å². The van der Waals surface area contributed by atoms with E-state index in [9.17, 15) is 4.39 Å². The van der Waals surface area contributed by atoms with Gasteiger partial charge in [0.05, 0.1) is 19.4 Å². The number of nitrogens with one attached hydrogen (secondary N) is 1. The molecule has 1 saturated heterocycles. The molecule has 1 fully saturated rings. The normalized spacial score (nSPS) is 19.0. The zero-order valence-electron chi connectivity index (χ0n) is 11.1. The Bertz CT molecular complexity index is 597. The average Bonchev–Trinajstić information content (AvgIpc) is 2.98. The van der Waals surface area contributed by atoms with Crippen molar-refractivity contribution in [2.75, 3.05) is 26.8 Å². The van der Waals surface area contributed by atoms with Crippen LogP contribution in [0.1, 0.15) is 11.1 Å². The van der Waals surface area contributed by atoms with E-state index in [0.29, 0.717) is 6.61 Å². The fourth-order valence-electron chi connectivity index (χ4n) is 2.12. The van der Waals surface area contributed by atoms with Gasteiger partial charge >= 0.3 is 0 Å². The number of aromatic nitrogens is 1. The third-order valence-corrected chi connectivity index (χ3v) is 4.11. The summed E-state index contributed by atoms with van der Waals surface area (Å²) in [4.78, 5) is 4.55. The Morgan fingerprint density at radius 2 is 2.40 bits per heavy atom. The Labute approximate surface area is 120 Å². The van der Waals surface area contributed by atoms with Crippen LogP contribution in [0.4, 0.5) is 4.39 Å².